The van der Waals surface area contributed by atoms with Crippen LogP contribution in [-0.2, 0) is 9.59 Å². The predicted molar refractivity (Wildman–Crippen MR) is 87.3 cm³/mol. The van der Waals surface area contributed by atoms with E-state index in [1.807, 2.05) is 23.6 Å². The first kappa shape index (κ1) is 15.0. The summed E-state index contributed by atoms with van der Waals surface area (Å²) in [5, 5.41) is 7.47. The molecule has 0 unspecified atom stereocenters. The summed E-state index contributed by atoms with van der Waals surface area (Å²) >= 11 is 1.59. The number of amides is 2. The number of benzene rings is 1. The van der Waals surface area contributed by atoms with Gasteiger partial charge in [-0.15, -0.1) is 11.3 Å². The van der Waals surface area contributed by atoms with Gasteiger partial charge in [0.25, 0.3) is 5.91 Å². The van der Waals surface area contributed by atoms with E-state index in [2.05, 4.69) is 10.6 Å². The van der Waals surface area contributed by atoms with Crippen molar-refractivity contribution in [3.05, 3.63) is 52.2 Å². The van der Waals surface area contributed by atoms with Gasteiger partial charge >= 0.3 is 0 Å². The molecule has 0 bridgehead atoms. The maximum atomic E-state index is 12.1. The first-order valence-electron chi connectivity index (χ1n) is 6.45. The number of rotatable bonds is 4. The van der Waals surface area contributed by atoms with Crippen LogP contribution in [0.4, 0.5) is 11.4 Å². The van der Waals surface area contributed by atoms with E-state index in [0.717, 1.165) is 4.88 Å². The number of thiophene rings is 1. The van der Waals surface area contributed by atoms with Gasteiger partial charge in [-0.2, -0.15) is 0 Å². The Bertz CT molecular complexity index is 658. The van der Waals surface area contributed by atoms with Gasteiger partial charge in [-0.05, 0) is 48.7 Å². The van der Waals surface area contributed by atoms with Crippen molar-refractivity contribution in [2.24, 2.45) is 0 Å². The van der Waals surface area contributed by atoms with Gasteiger partial charge in [-0.3, -0.25) is 9.59 Å². The van der Waals surface area contributed by atoms with Gasteiger partial charge in [0.2, 0.25) is 5.91 Å². The second-order valence-electron chi connectivity index (χ2n) is 4.56. The number of carbonyl (C=O) groups is 2. The smallest absolute Gasteiger partial charge is 0.251 e. The van der Waals surface area contributed by atoms with Gasteiger partial charge in [-0.1, -0.05) is 6.07 Å². The van der Waals surface area contributed by atoms with Crippen molar-refractivity contribution < 1.29 is 9.59 Å². The summed E-state index contributed by atoms with van der Waals surface area (Å²) in [7, 11) is 0. The van der Waals surface area contributed by atoms with E-state index in [1.165, 1.54) is 6.92 Å². The van der Waals surface area contributed by atoms with Gasteiger partial charge < -0.3 is 10.6 Å². The molecule has 1 aromatic heterocycles. The Morgan fingerprint density at radius 1 is 1.00 bits per heavy atom. The average Bonchev–Trinajstić information content (AvgIpc) is 2.93. The Balaban J connectivity index is 2.00. The lowest BCUT2D eigenvalue weighted by molar-refractivity contribution is -0.114. The zero-order valence-electron chi connectivity index (χ0n) is 11.8. The fourth-order valence-electron chi connectivity index (χ4n) is 1.72. The second-order valence-corrected chi connectivity index (χ2v) is 5.53. The summed E-state index contributed by atoms with van der Waals surface area (Å²) in [5.41, 5.74) is 2.03. The lowest BCUT2D eigenvalue weighted by atomic mass is 10.2. The van der Waals surface area contributed by atoms with Crippen molar-refractivity contribution in [1.82, 2.24) is 0 Å². The van der Waals surface area contributed by atoms with Crippen molar-refractivity contribution in [2.45, 2.75) is 13.8 Å². The van der Waals surface area contributed by atoms with E-state index in [1.54, 1.807) is 42.5 Å². The van der Waals surface area contributed by atoms with Crippen molar-refractivity contribution in [2.75, 3.05) is 10.6 Å². The third-order valence-electron chi connectivity index (χ3n) is 2.72. The fraction of sp³-hybridized carbons (Fsp3) is 0.125. The first-order chi connectivity index (χ1) is 10.0. The van der Waals surface area contributed by atoms with Crippen LogP contribution in [0, 0.1) is 0 Å². The molecule has 0 aliphatic rings. The summed E-state index contributed by atoms with van der Waals surface area (Å²) in [6.45, 7) is 3.23. The molecule has 0 fully saturated rings. The second kappa shape index (κ2) is 6.85. The molecule has 2 N–H and O–H groups in total. The van der Waals surface area contributed by atoms with E-state index < -0.39 is 0 Å². The zero-order valence-corrected chi connectivity index (χ0v) is 12.7. The summed E-state index contributed by atoms with van der Waals surface area (Å²) in [6, 6.07) is 10.9. The summed E-state index contributed by atoms with van der Waals surface area (Å²) < 4.78 is 0. The molecule has 1 aromatic carbocycles. The molecule has 0 aliphatic heterocycles. The zero-order chi connectivity index (χ0) is 15.2. The van der Waals surface area contributed by atoms with E-state index in [0.29, 0.717) is 16.9 Å². The van der Waals surface area contributed by atoms with Crippen molar-refractivity contribution in [3.63, 3.8) is 0 Å². The predicted octanol–water partition coefficient (Wildman–Crippen LogP) is 3.75. The molecule has 108 valence electrons. The van der Waals surface area contributed by atoms with Crippen LogP contribution in [0.1, 0.15) is 18.7 Å². The van der Waals surface area contributed by atoms with Crippen LogP contribution in [0.15, 0.2) is 47.4 Å². The quantitative estimate of drug-likeness (QED) is 0.845. The van der Waals surface area contributed by atoms with E-state index in [9.17, 15) is 9.59 Å². The Kier molecular flexibility index (Phi) is 4.90. The number of nitrogens with one attached hydrogen (secondary N) is 2. The van der Waals surface area contributed by atoms with E-state index in [4.69, 9.17) is 0 Å². The number of anilines is 2. The molecule has 0 saturated carbocycles. The summed E-state index contributed by atoms with van der Waals surface area (Å²) in [6.07, 6.45) is 1.85. The van der Waals surface area contributed by atoms with E-state index >= 15 is 0 Å². The lowest BCUT2D eigenvalue weighted by Gasteiger charge is -2.07. The maximum absolute atomic E-state index is 12.1. The Morgan fingerprint density at radius 2 is 1.62 bits per heavy atom. The largest absolute Gasteiger partial charge is 0.326 e. The molecule has 2 rings (SSSR count). The van der Waals surface area contributed by atoms with Crippen LogP contribution in [0.3, 0.4) is 0 Å². The summed E-state index contributed by atoms with van der Waals surface area (Å²) in [4.78, 5) is 24.0. The third kappa shape index (κ3) is 4.57. The molecular formula is C16H16N2O2S. The molecule has 0 atom stereocenters. The highest BCUT2D eigenvalue weighted by atomic mass is 32.1. The summed E-state index contributed by atoms with van der Waals surface area (Å²) in [5.74, 6) is -0.266. The maximum Gasteiger partial charge on any atom is 0.251 e. The molecule has 2 aromatic rings. The molecule has 0 aliphatic carbocycles. The Labute approximate surface area is 127 Å². The van der Waals surface area contributed by atoms with Gasteiger partial charge in [0.05, 0.1) is 0 Å². The van der Waals surface area contributed by atoms with Crippen molar-refractivity contribution >= 4 is 40.6 Å². The Morgan fingerprint density at radius 3 is 2.14 bits per heavy atom. The van der Waals surface area contributed by atoms with Crippen LogP contribution in [0.25, 0.3) is 6.08 Å². The fourth-order valence-corrected chi connectivity index (χ4v) is 2.44. The highest BCUT2D eigenvalue weighted by Gasteiger charge is 2.05. The SMILES string of the molecule is CC(=O)Nc1ccc(NC(=O)/C(C)=C/c2cccs2)cc1. The molecule has 1 heterocycles. The molecule has 2 amide bonds. The first-order valence-corrected chi connectivity index (χ1v) is 7.33. The van der Waals surface area contributed by atoms with Crippen LogP contribution in [-0.4, -0.2) is 11.8 Å². The minimum Gasteiger partial charge on any atom is -0.326 e. The lowest BCUT2D eigenvalue weighted by Crippen LogP contribution is -2.12. The van der Waals surface area contributed by atoms with Gasteiger partial charge in [0.1, 0.15) is 0 Å². The average molecular weight is 300 g/mol. The monoisotopic (exact) mass is 300 g/mol. The molecule has 5 heteroatoms. The van der Waals surface area contributed by atoms with Gasteiger partial charge in [0.15, 0.2) is 0 Å². The standard InChI is InChI=1S/C16H16N2O2S/c1-11(10-15-4-3-9-21-15)16(20)18-14-7-5-13(6-8-14)17-12(2)19/h3-10H,1-2H3,(H,17,19)(H,18,20)/b11-10+. The van der Waals surface area contributed by atoms with Crippen LogP contribution in [0.2, 0.25) is 0 Å². The third-order valence-corrected chi connectivity index (χ3v) is 3.54. The Hall–Kier alpha value is -2.40. The highest BCUT2D eigenvalue weighted by Crippen LogP contribution is 2.16. The highest BCUT2D eigenvalue weighted by molar-refractivity contribution is 7.10. The minimum absolute atomic E-state index is 0.124. The number of hydrogen-bond acceptors (Lipinski definition) is 3. The minimum atomic E-state index is -0.143. The molecule has 0 spiro atoms. The van der Waals surface area contributed by atoms with Crippen LogP contribution in [0.5, 0.6) is 0 Å². The van der Waals surface area contributed by atoms with Crippen LogP contribution >= 0.6 is 11.3 Å². The molecule has 0 saturated heterocycles. The molecule has 21 heavy (non-hydrogen) atoms. The molecule has 0 radical (unpaired) electrons. The number of carbonyl (C=O) groups excluding carboxylic acids is 2. The van der Waals surface area contributed by atoms with Crippen LogP contribution < -0.4 is 10.6 Å². The topological polar surface area (TPSA) is 58.2 Å². The van der Waals surface area contributed by atoms with Gasteiger partial charge in [0, 0.05) is 28.7 Å². The molecular weight excluding hydrogens is 284 g/mol. The van der Waals surface area contributed by atoms with E-state index in [-0.39, 0.29) is 11.8 Å². The number of hydrogen-bond donors (Lipinski definition) is 2. The van der Waals surface area contributed by atoms with Gasteiger partial charge in [-0.25, -0.2) is 0 Å². The normalized spacial score (nSPS) is 11.0. The molecule has 4 nitrogen and oxygen atoms in total. The van der Waals surface area contributed by atoms with Crippen molar-refractivity contribution in [3.8, 4) is 0 Å². The van der Waals surface area contributed by atoms with Crippen molar-refractivity contribution in [1.29, 1.82) is 0 Å².